The van der Waals surface area contributed by atoms with E-state index in [1.54, 1.807) is 7.11 Å². The molecule has 0 saturated carbocycles. The lowest BCUT2D eigenvalue weighted by molar-refractivity contribution is -0.137. The molecule has 100 valence electrons. The molecule has 0 aliphatic carbocycles. The highest BCUT2D eigenvalue weighted by Gasteiger charge is 2.08. The largest absolute Gasteiger partial charge is 0.481 e. The maximum Gasteiger partial charge on any atom is 0.314 e. The van der Waals surface area contributed by atoms with Gasteiger partial charge >= 0.3 is 12.0 Å². The van der Waals surface area contributed by atoms with Crippen LogP contribution < -0.4 is 10.6 Å². The van der Waals surface area contributed by atoms with Gasteiger partial charge in [-0.3, -0.25) is 4.79 Å². The van der Waals surface area contributed by atoms with Crippen LogP contribution in [0, 0.1) is 0 Å². The highest BCUT2D eigenvalue weighted by Crippen LogP contribution is 1.89. The molecule has 7 nitrogen and oxygen atoms in total. The molecule has 3 N–H and O–H groups in total. The first-order valence-electron chi connectivity index (χ1n) is 5.35. The molecule has 0 aliphatic rings. The maximum atomic E-state index is 11.2. The summed E-state index contributed by atoms with van der Waals surface area (Å²) >= 11 is 0. The normalized spacial score (nSPS) is 11.9. The standard InChI is InChI=1S/C10H20N2O5/c1-16-7-8(17-2)6-12-10(15)11-5-3-4-9(13)14/h8H,3-7H2,1-2H3,(H,13,14)(H2,11,12,15). The van der Waals surface area contributed by atoms with Crippen LogP contribution in [0.25, 0.3) is 0 Å². The summed E-state index contributed by atoms with van der Waals surface area (Å²) in [6, 6.07) is -0.339. The number of ether oxygens (including phenoxy) is 2. The molecule has 0 fully saturated rings. The molecule has 0 aromatic carbocycles. The summed E-state index contributed by atoms with van der Waals surface area (Å²) in [7, 11) is 3.09. The average molecular weight is 248 g/mol. The number of nitrogens with one attached hydrogen (secondary N) is 2. The monoisotopic (exact) mass is 248 g/mol. The number of carbonyl (C=O) groups is 2. The molecule has 0 radical (unpaired) electrons. The Balaban J connectivity index is 3.54. The number of carboxylic acid groups (broad SMARTS) is 1. The van der Waals surface area contributed by atoms with Crippen molar-refractivity contribution in [2.24, 2.45) is 0 Å². The number of carboxylic acids is 1. The van der Waals surface area contributed by atoms with Crippen LogP contribution in [-0.4, -0.2) is 57.1 Å². The third kappa shape index (κ3) is 9.58. The fraction of sp³-hybridized carbons (Fsp3) is 0.800. The van der Waals surface area contributed by atoms with E-state index in [4.69, 9.17) is 14.6 Å². The smallest absolute Gasteiger partial charge is 0.314 e. The summed E-state index contributed by atoms with van der Waals surface area (Å²) in [6.45, 7) is 1.07. The third-order valence-corrected chi connectivity index (χ3v) is 2.03. The van der Waals surface area contributed by atoms with Gasteiger partial charge in [-0.15, -0.1) is 0 Å². The molecule has 0 aliphatic heterocycles. The van der Waals surface area contributed by atoms with Gasteiger partial charge < -0.3 is 25.2 Å². The predicted octanol–water partition coefficient (Wildman–Crippen LogP) is -0.188. The highest BCUT2D eigenvalue weighted by atomic mass is 16.5. The second kappa shape index (κ2) is 9.86. The summed E-state index contributed by atoms with van der Waals surface area (Å²) in [6.07, 6.45) is 0.267. The summed E-state index contributed by atoms with van der Waals surface area (Å²) < 4.78 is 9.94. The zero-order valence-electron chi connectivity index (χ0n) is 10.2. The van der Waals surface area contributed by atoms with Crippen LogP contribution in [0.5, 0.6) is 0 Å². The quantitative estimate of drug-likeness (QED) is 0.491. The second-order valence-corrected chi connectivity index (χ2v) is 3.45. The molecular weight excluding hydrogens is 228 g/mol. The molecule has 0 saturated heterocycles. The number of amides is 2. The fourth-order valence-electron chi connectivity index (χ4n) is 1.11. The first-order valence-corrected chi connectivity index (χ1v) is 5.35. The van der Waals surface area contributed by atoms with Crippen molar-refractivity contribution in [3.8, 4) is 0 Å². The van der Waals surface area contributed by atoms with Gasteiger partial charge in [-0.2, -0.15) is 0 Å². The van der Waals surface area contributed by atoms with Crippen LogP contribution in [-0.2, 0) is 14.3 Å². The minimum Gasteiger partial charge on any atom is -0.481 e. The number of hydrogen-bond acceptors (Lipinski definition) is 4. The third-order valence-electron chi connectivity index (χ3n) is 2.03. The zero-order chi connectivity index (χ0) is 13.1. The molecule has 17 heavy (non-hydrogen) atoms. The van der Waals surface area contributed by atoms with E-state index in [1.165, 1.54) is 7.11 Å². The van der Waals surface area contributed by atoms with Crippen LogP contribution in [0.15, 0.2) is 0 Å². The van der Waals surface area contributed by atoms with Crippen molar-refractivity contribution >= 4 is 12.0 Å². The van der Waals surface area contributed by atoms with Gasteiger partial charge in [-0.1, -0.05) is 0 Å². The molecule has 1 unspecified atom stereocenters. The molecule has 1 atom stereocenters. The predicted molar refractivity (Wildman–Crippen MR) is 60.9 cm³/mol. The molecule has 0 aromatic rings. The molecule has 0 bridgehead atoms. The topological polar surface area (TPSA) is 96.9 Å². The number of rotatable bonds is 9. The Hall–Kier alpha value is -1.34. The molecule has 0 heterocycles. The minimum atomic E-state index is -0.869. The van der Waals surface area contributed by atoms with Gasteiger partial charge in [0.2, 0.25) is 0 Å². The zero-order valence-corrected chi connectivity index (χ0v) is 10.2. The number of urea groups is 1. The van der Waals surface area contributed by atoms with Crippen molar-refractivity contribution in [1.29, 1.82) is 0 Å². The summed E-state index contributed by atoms with van der Waals surface area (Å²) in [5, 5.41) is 13.5. The summed E-state index contributed by atoms with van der Waals surface area (Å²) in [5.74, 6) is -0.869. The van der Waals surface area contributed by atoms with Crippen molar-refractivity contribution in [2.75, 3.05) is 33.9 Å². The van der Waals surface area contributed by atoms with E-state index in [-0.39, 0.29) is 18.6 Å². The van der Waals surface area contributed by atoms with Crippen LogP contribution in [0.4, 0.5) is 4.79 Å². The summed E-state index contributed by atoms with van der Waals surface area (Å²) in [4.78, 5) is 21.5. The Morgan fingerprint density at radius 2 is 2.00 bits per heavy atom. The fourth-order valence-corrected chi connectivity index (χ4v) is 1.11. The number of methoxy groups -OCH3 is 2. The van der Waals surface area contributed by atoms with E-state index >= 15 is 0 Å². The average Bonchev–Trinajstić information content (AvgIpc) is 2.29. The van der Waals surface area contributed by atoms with Crippen LogP contribution in [0.2, 0.25) is 0 Å². The van der Waals surface area contributed by atoms with E-state index in [0.717, 1.165) is 0 Å². The van der Waals surface area contributed by atoms with Crippen molar-refractivity contribution < 1.29 is 24.2 Å². The molecule has 0 aromatic heterocycles. The lowest BCUT2D eigenvalue weighted by atomic mass is 10.3. The van der Waals surface area contributed by atoms with Gasteiger partial charge in [0, 0.05) is 33.7 Å². The van der Waals surface area contributed by atoms with Gasteiger partial charge in [0.05, 0.1) is 12.7 Å². The van der Waals surface area contributed by atoms with E-state index in [0.29, 0.717) is 26.1 Å². The van der Waals surface area contributed by atoms with Crippen LogP contribution >= 0.6 is 0 Å². The van der Waals surface area contributed by atoms with Gasteiger partial charge in [-0.25, -0.2) is 4.79 Å². The molecule has 0 spiro atoms. The Labute approximate surface area is 100 Å². The molecule has 2 amide bonds. The van der Waals surface area contributed by atoms with Crippen molar-refractivity contribution in [2.45, 2.75) is 18.9 Å². The Kier molecular flexibility index (Phi) is 9.08. The highest BCUT2D eigenvalue weighted by molar-refractivity contribution is 5.73. The molecule has 0 rings (SSSR count). The molecule has 7 heteroatoms. The number of hydrogen-bond donors (Lipinski definition) is 3. The summed E-state index contributed by atoms with van der Waals surface area (Å²) in [5.41, 5.74) is 0. The minimum absolute atomic E-state index is 0.0463. The Bertz CT molecular complexity index is 235. The second-order valence-electron chi connectivity index (χ2n) is 3.45. The van der Waals surface area contributed by atoms with Crippen molar-refractivity contribution in [3.63, 3.8) is 0 Å². The van der Waals surface area contributed by atoms with Crippen molar-refractivity contribution in [1.82, 2.24) is 10.6 Å². The Morgan fingerprint density at radius 1 is 1.29 bits per heavy atom. The van der Waals surface area contributed by atoms with E-state index in [1.807, 2.05) is 0 Å². The first kappa shape index (κ1) is 15.7. The number of carbonyl (C=O) groups excluding carboxylic acids is 1. The van der Waals surface area contributed by atoms with Crippen LogP contribution in [0.3, 0.4) is 0 Å². The van der Waals surface area contributed by atoms with Gasteiger partial charge in [0.25, 0.3) is 0 Å². The van der Waals surface area contributed by atoms with E-state index in [9.17, 15) is 9.59 Å². The first-order chi connectivity index (χ1) is 8.10. The maximum absolute atomic E-state index is 11.2. The van der Waals surface area contributed by atoms with Gasteiger partial charge in [0.15, 0.2) is 0 Å². The van der Waals surface area contributed by atoms with E-state index < -0.39 is 5.97 Å². The number of aliphatic carboxylic acids is 1. The SMILES string of the molecule is COCC(CNC(=O)NCCCC(=O)O)OC. The molecular formula is C10H20N2O5. The lowest BCUT2D eigenvalue weighted by Gasteiger charge is -2.15. The Morgan fingerprint density at radius 3 is 2.53 bits per heavy atom. The van der Waals surface area contributed by atoms with Gasteiger partial charge in [0.1, 0.15) is 0 Å². The van der Waals surface area contributed by atoms with Crippen molar-refractivity contribution in [3.05, 3.63) is 0 Å². The van der Waals surface area contributed by atoms with Gasteiger partial charge in [-0.05, 0) is 6.42 Å². The lowest BCUT2D eigenvalue weighted by Crippen LogP contribution is -2.41. The van der Waals surface area contributed by atoms with Crippen LogP contribution in [0.1, 0.15) is 12.8 Å². The van der Waals surface area contributed by atoms with E-state index in [2.05, 4.69) is 10.6 Å².